The van der Waals surface area contributed by atoms with Gasteiger partial charge in [0.2, 0.25) is 0 Å². The first kappa shape index (κ1) is 13.6. The van der Waals surface area contributed by atoms with Crippen molar-refractivity contribution in [1.82, 2.24) is 0 Å². The van der Waals surface area contributed by atoms with Gasteiger partial charge in [-0.3, -0.25) is 0 Å². The van der Waals surface area contributed by atoms with E-state index < -0.39 is 10.3 Å². The number of carboxylic acid groups (broad SMARTS) is 1. The van der Waals surface area contributed by atoms with Gasteiger partial charge >= 0.3 is 0 Å². The monoisotopic (exact) mass is 201 g/mol. The summed E-state index contributed by atoms with van der Waals surface area (Å²) in [7, 11) is 0. The van der Waals surface area contributed by atoms with Crippen LogP contribution in [0.15, 0.2) is 0 Å². The van der Waals surface area contributed by atoms with E-state index in [2.05, 4.69) is 19.6 Å². The quantitative estimate of drug-likeness (QED) is 0.586. The van der Waals surface area contributed by atoms with Crippen LogP contribution >= 0.6 is 23.2 Å². The maximum atomic E-state index is 9.65. The Morgan fingerprint density at radius 1 is 1.55 bits per heavy atom. The Hall–Kier alpha value is 0.01000. The highest BCUT2D eigenvalue weighted by molar-refractivity contribution is 6.56. The third kappa shape index (κ3) is 17.8. The third-order valence-electron chi connectivity index (χ3n) is 0.358. The lowest BCUT2D eigenvalue weighted by Crippen LogP contribution is -2.57. The number of hydrogen-bond acceptors (Lipinski definition) is 2. The van der Waals surface area contributed by atoms with E-state index >= 15 is 0 Å². The van der Waals surface area contributed by atoms with E-state index in [9.17, 15) is 9.90 Å². The Morgan fingerprint density at radius 3 is 1.64 bits per heavy atom. The van der Waals surface area contributed by atoms with Gasteiger partial charge in [0, 0.05) is 0 Å². The molecule has 0 saturated heterocycles. The second-order valence-electron chi connectivity index (χ2n) is 2.57. The van der Waals surface area contributed by atoms with Gasteiger partial charge in [0.25, 0.3) is 0 Å². The minimum atomic E-state index is -1.75. The Labute approximate surface area is 76.5 Å². The first-order valence-electron chi connectivity index (χ1n) is 3.10. The van der Waals surface area contributed by atoms with Crippen molar-refractivity contribution in [2.24, 2.45) is 0 Å². The van der Waals surface area contributed by atoms with Crippen LogP contribution in [0.25, 0.3) is 0 Å². The van der Waals surface area contributed by atoms with Crippen LogP contribution in [0.4, 0.5) is 0 Å². The van der Waals surface area contributed by atoms with Gasteiger partial charge in [-0.25, -0.2) is 0 Å². The molecule has 0 aromatic carbocycles. The molecular weight excluding hydrogens is 189 g/mol. The van der Waals surface area contributed by atoms with Crippen LogP contribution in [0.3, 0.4) is 0 Å². The minimum Gasteiger partial charge on any atom is -0.547 e. The van der Waals surface area contributed by atoms with E-state index in [-0.39, 0.29) is 0 Å². The average molecular weight is 202 g/mol. The first-order chi connectivity index (χ1) is 4.68. The summed E-state index contributed by atoms with van der Waals surface area (Å²) >= 11 is 9.94. The molecule has 0 aromatic heterocycles. The predicted octanol–water partition coefficient (Wildman–Crippen LogP) is -0.433. The normalized spacial score (nSPS) is 10.5. The molecule has 0 unspecified atom stereocenters. The molecule has 0 heterocycles. The highest BCUT2D eigenvalue weighted by atomic mass is 35.5. The van der Waals surface area contributed by atoms with E-state index in [4.69, 9.17) is 23.2 Å². The van der Waals surface area contributed by atoms with Crippen LogP contribution in [-0.4, -0.2) is 16.3 Å². The van der Waals surface area contributed by atoms with E-state index in [0.29, 0.717) is 6.04 Å². The zero-order chi connectivity index (χ0) is 9.65. The highest BCUT2D eigenvalue weighted by Gasteiger charge is 2.16. The van der Waals surface area contributed by atoms with E-state index in [1.807, 2.05) is 0 Å². The number of halogens is 2. The molecule has 0 aromatic rings. The lowest BCUT2D eigenvalue weighted by molar-refractivity contribution is -0.407. The first-order valence-corrected chi connectivity index (χ1v) is 3.86. The Kier molecular flexibility index (Phi) is 6.96. The maximum absolute atomic E-state index is 9.65. The van der Waals surface area contributed by atoms with Gasteiger partial charge < -0.3 is 15.6 Å². The van der Waals surface area contributed by atoms with Gasteiger partial charge in [0.05, 0.1) is 12.0 Å². The predicted molar refractivity (Wildman–Crippen MR) is 43.1 cm³/mol. The molecule has 0 spiro atoms. The zero-order valence-electron chi connectivity index (χ0n) is 6.86. The van der Waals surface area contributed by atoms with Crippen molar-refractivity contribution in [3.8, 4) is 0 Å². The molecular formula is C6H13Cl2NO2. The minimum absolute atomic E-state index is 0.583. The molecule has 0 atom stereocenters. The molecule has 3 nitrogen and oxygen atoms in total. The van der Waals surface area contributed by atoms with Crippen molar-refractivity contribution >= 4 is 29.2 Å². The fraction of sp³-hybridized carbons (Fsp3) is 0.833. The Morgan fingerprint density at radius 2 is 1.64 bits per heavy atom. The van der Waals surface area contributed by atoms with Crippen LogP contribution in [0, 0.1) is 0 Å². The van der Waals surface area contributed by atoms with E-state index in [1.54, 1.807) is 0 Å². The number of rotatable bonds is 1. The van der Waals surface area contributed by atoms with Crippen LogP contribution in [0.5, 0.6) is 0 Å². The molecule has 11 heavy (non-hydrogen) atoms. The number of carbonyl (C=O) groups is 1. The van der Waals surface area contributed by atoms with Gasteiger partial charge in [0.1, 0.15) is 0 Å². The third-order valence-corrected chi connectivity index (χ3v) is 0.667. The van der Waals surface area contributed by atoms with Crippen molar-refractivity contribution in [2.45, 2.75) is 31.1 Å². The molecule has 5 heteroatoms. The Balaban J connectivity index is 0. The highest BCUT2D eigenvalue weighted by Crippen LogP contribution is 2.17. The fourth-order valence-corrected chi connectivity index (χ4v) is 0. The molecule has 68 valence electrons. The maximum Gasteiger partial charge on any atom is 0.154 e. The molecule has 0 aliphatic rings. The molecule has 0 amide bonds. The molecule has 0 fully saturated rings. The molecule has 0 radical (unpaired) electrons. The SMILES string of the molecule is CC(C)[NH3+].CC(Cl)(Cl)C(=O)[O-]. The summed E-state index contributed by atoms with van der Waals surface area (Å²) in [5.41, 5.74) is 3.64. The lowest BCUT2D eigenvalue weighted by Gasteiger charge is -2.12. The molecule has 3 N–H and O–H groups in total. The van der Waals surface area contributed by atoms with Crippen LogP contribution in [0.1, 0.15) is 20.8 Å². The molecule has 0 aliphatic heterocycles. The topological polar surface area (TPSA) is 67.8 Å². The van der Waals surface area contributed by atoms with Crippen molar-refractivity contribution < 1.29 is 15.6 Å². The van der Waals surface area contributed by atoms with Crippen LogP contribution in [-0.2, 0) is 4.79 Å². The van der Waals surface area contributed by atoms with Gasteiger partial charge in [-0.1, -0.05) is 23.2 Å². The Bertz CT molecular complexity index is 117. The second-order valence-corrected chi connectivity index (χ2v) is 4.28. The zero-order valence-corrected chi connectivity index (χ0v) is 8.37. The van der Waals surface area contributed by atoms with Crippen molar-refractivity contribution in [3.05, 3.63) is 0 Å². The number of quaternary nitrogens is 1. The smallest absolute Gasteiger partial charge is 0.154 e. The summed E-state index contributed by atoms with van der Waals surface area (Å²) in [6.45, 7) is 5.24. The molecule has 0 rings (SSSR count). The number of carbonyl (C=O) groups excluding carboxylic acids is 1. The van der Waals surface area contributed by atoms with E-state index in [1.165, 1.54) is 0 Å². The van der Waals surface area contributed by atoms with E-state index in [0.717, 1.165) is 6.92 Å². The summed E-state index contributed by atoms with van der Waals surface area (Å²) < 4.78 is -1.75. The fourth-order valence-electron chi connectivity index (χ4n) is 0. The average Bonchev–Trinajstić information content (AvgIpc) is 1.59. The summed E-state index contributed by atoms with van der Waals surface area (Å²) in [4.78, 5) is 9.65. The van der Waals surface area contributed by atoms with Crippen molar-refractivity contribution in [1.29, 1.82) is 0 Å². The van der Waals surface area contributed by atoms with Gasteiger partial charge in [-0.05, 0) is 20.8 Å². The van der Waals surface area contributed by atoms with Crippen molar-refractivity contribution in [2.75, 3.05) is 0 Å². The molecule has 0 bridgehead atoms. The summed E-state index contributed by atoms with van der Waals surface area (Å²) in [5, 5.41) is 9.65. The second kappa shape index (κ2) is 5.63. The number of carboxylic acids is 1. The summed E-state index contributed by atoms with van der Waals surface area (Å²) in [6.07, 6.45) is 0. The summed E-state index contributed by atoms with van der Waals surface area (Å²) in [6, 6.07) is 0.583. The number of aliphatic carboxylic acids is 1. The van der Waals surface area contributed by atoms with Gasteiger partial charge in [-0.15, -0.1) is 0 Å². The standard InChI is InChI=1S/C3H4Cl2O2.C3H9N/c1-3(4,5)2(6)7;1-3(2)4/h1H3,(H,6,7);3H,4H2,1-2H3. The molecule has 0 saturated carbocycles. The van der Waals surface area contributed by atoms with Gasteiger partial charge in [-0.2, -0.15) is 0 Å². The van der Waals surface area contributed by atoms with Crippen molar-refractivity contribution in [3.63, 3.8) is 0 Å². The summed E-state index contributed by atoms with van der Waals surface area (Å²) in [5.74, 6) is -1.48. The lowest BCUT2D eigenvalue weighted by atomic mass is 10.5. The van der Waals surface area contributed by atoms with Crippen LogP contribution in [0.2, 0.25) is 0 Å². The number of alkyl halides is 2. The number of hydrogen-bond donors (Lipinski definition) is 1. The van der Waals surface area contributed by atoms with Gasteiger partial charge in [0.15, 0.2) is 4.33 Å². The molecule has 0 aliphatic carbocycles. The largest absolute Gasteiger partial charge is 0.547 e. The van der Waals surface area contributed by atoms with Crippen LogP contribution < -0.4 is 10.8 Å².